The maximum absolute atomic E-state index is 9.42. The second-order valence-corrected chi connectivity index (χ2v) is 5.07. The number of aryl methyl sites for hydroxylation is 1. The molecule has 0 aliphatic rings. The van der Waals surface area contributed by atoms with Crippen molar-refractivity contribution >= 4 is 0 Å². The highest BCUT2D eigenvalue weighted by Crippen LogP contribution is 2.11. The first kappa shape index (κ1) is 14.8. The first-order valence-electron chi connectivity index (χ1n) is 7.15. The van der Waals surface area contributed by atoms with E-state index in [1.54, 1.807) is 0 Å². The van der Waals surface area contributed by atoms with E-state index in [2.05, 4.69) is 36.4 Å². The van der Waals surface area contributed by atoms with Gasteiger partial charge in [0.15, 0.2) is 0 Å². The van der Waals surface area contributed by atoms with Crippen LogP contribution in [0.3, 0.4) is 0 Å². The molecule has 0 saturated heterocycles. The highest BCUT2D eigenvalue weighted by atomic mass is 16.5. The maximum Gasteiger partial charge on any atom is 0.0717 e. The average Bonchev–Trinajstić information content (AvgIpc) is 2.52. The van der Waals surface area contributed by atoms with Crippen molar-refractivity contribution in [3.63, 3.8) is 0 Å². The molecule has 0 unspecified atom stereocenters. The van der Waals surface area contributed by atoms with Crippen LogP contribution in [0.5, 0.6) is 0 Å². The fraction of sp³-hybridized carbons (Fsp3) is 0.333. The summed E-state index contributed by atoms with van der Waals surface area (Å²) in [6.07, 6.45) is 1.94. The molecule has 2 rings (SSSR count). The van der Waals surface area contributed by atoms with E-state index in [0.29, 0.717) is 13.2 Å². The summed E-state index contributed by atoms with van der Waals surface area (Å²) >= 11 is 0. The highest BCUT2D eigenvalue weighted by molar-refractivity contribution is 5.15. The van der Waals surface area contributed by atoms with Crippen molar-refractivity contribution in [1.82, 2.24) is 0 Å². The van der Waals surface area contributed by atoms with Crippen LogP contribution < -0.4 is 0 Å². The molecule has 106 valence electrons. The van der Waals surface area contributed by atoms with Crippen LogP contribution in [-0.4, -0.2) is 18.3 Å². The molecule has 2 aromatic rings. The number of ether oxygens (including phenoxy) is 1. The van der Waals surface area contributed by atoms with Gasteiger partial charge in [-0.15, -0.1) is 0 Å². The Kier molecular flexibility index (Phi) is 6.28. The van der Waals surface area contributed by atoms with Gasteiger partial charge in [0.2, 0.25) is 0 Å². The van der Waals surface area contributed by atoms with Crippen LogP contribution in [0.4, 0.5) is 0 Å². The first-order valence-corrected chi connectivity index (χ1v) is 7.15. The largest absolute Gasteiger partial charge is 0.396 e. The molecule has 2 heteroatoms. The third kappa shape index (κ3) is 5.16. The minimum absolute atomic E-state index is 0.182. The van der Waals surface area contributed by atoms with Crippen LogP contribution in [0, 0.1) is 5.92 Å². The van der Waals surface area contributed by atoms with Gasteiger partial charge in [-0.1, -0.05) is 60.7 Å². The van der Waals surface area contributed by atoms with Crippen molar-refractivity contribution < 1.29 is 9.84 Å². The van der Waals surface area contributed by atoms with Crippen molar-refractivity contribution in [2.45, 2.75) is 19.4 Å². The Morgan fingerprint density at radius 2 is 1.45 bits per heavy atom. The number of benzene rings is 2. The molecule has 0 heterocycles. The molecular weight excluding hydrogens is 248 g/mol. The monoisotopic (exact) mass is 270 g/mol. The van der Waals surface area contributed by atoms with Crippen molar-refractivity contribution in [3.8, 4) is 0 Å². The lowest BCUT2D eigenvalue weighted by Gasteiger charge is -2.14. The van der Waals surface area contributed by atoms with Gasteiger partial charge in [-0.2, -0.15) is 0 Å². The molecule has 20 heavy (non-hydrogen) atoms. The lowest BCUT2D eigenvalue weighted by atomic mass is 10.0. The second kappa shape index (κ2) is 8.51. The van der Waals surface area contributed by atoms with Crippen molar-refractivity contribution in [3.05, 3.63) is 71.8 Å². The second-order valence-electron chi connectivity index (χ2n) is 5.07. The maximum atomic E-state index is 9.42. The Balaban J connectivity index is 1.70. The predicted octanol–water partition coefficient (Wildman–Crippen LogP) is 3.44. The average molecular weight is 270 g/mol. The number of rotatable bonds is 8. The van der Waals surface area contributed by atoms with E-state index in [-0.39, 0.29) is 12.5 Å². The summed E-state index contributed by atoms with van der Waals surface area (Å²) in [5.41, 5.74) is 2.49. The Labute approximate surface area is 121 Å². The van der Waals surface area contributed by atoms with Crippen molar-refractivity contribution in [2.24, 2.45) is 5.92 Å². The number of aliphatic hydroxyl groups is 1. The fourth-order valence-corrected chi connectivity index (χ4v) is 2.16. The van der Waals surface area contributed by atoms with E-state index in [0.717, 1.165) is 12.8 Å². The van der Waals surface area contributed by atoms with Crippen LogP contribution in [0.25, 0.3) is 0 Å². The predicted molar refractivity (Wildman–Crippen MR) is 81.4 cm³/mol. The molecule has 2 nitrogen and oxygen atoms in total. The Morgan fingerprint density at radius 3 is 2.05 bits per heavy atom. The number of hydrogen-bond acceptors (Lipinski definition) is 2. The van der Waals surface area contributed by atoms with Gasteiger partial charge in [-0.25, -0.2) is 0 Å². The molecule has 0 aliphatic carbocycles. The number of hydrogen-bond donors (Lipinski definition) is 1. The Morgan fingerprint density at radius 1 is 0.850 bits per heavy atom. The molecule has 0 aliphatic heterocycles. The zero-order chi connectivity index (χ0) is 14.0. The van der Waals surface area contributed by atoms with Gasteiger partial charge < -0.3 is 9.84 Å². The summed E-state index contributed by atoms with van der Waals surface area (Å²) in [6.45, 7) is 1.41. The van der Waals surface area contributed by atoms with Gasteiger partial charge in [0.1, 0.15) is 0 Å². The molecule has 0 fully saturated rings. The molecule has 0 spiro atoms. The molecule has 0 radical (unpaired) electrons. The summed E-state index contributed by atoms with van der Waals surface area (Å²) in [4.78, 5) is 0. The van der Waals surface area contributed by atoms with E-state index in [1.807, 2.05) is 24.3 Å². The summed E-state index contributed by atoms with van der Waals surface area (Å²) in [7, 11) is 0. The summed E-state index contributed by atoms with van der Waals surface area (Å²) in [5, 5.41) is 9.42. The van der Waals surface area contributed by atoms with Crippen LogP contribution in [-0.2, 0) is 17.8 Å². The summed E-state index contributed by atoms with van der Waals surface area (Å²) in [6, 6.07) is 20.5. The fourth-order valence-electron chi connectivity index (χ4n) is 2.16. The van der Waals surface area contributed by atoms with Crippen LogP contribution >= 0.6 is 0 Å². The van der Waals surface area contributed by atoms with Gasteiger partial charge >= 0.3 is 0 Å². The molecule has 0 aromatic heterocycles. The van der Waals surface area contributed by atoms with Crippen LogP contribution in [0.1, 0.15) is 17.5 Å². The van der Waals surface area contributed by atoms with Gasteiger partial charge in [0, 0.05) is 12.5 Å². The van der Waals surface area contributed by atoms with Gasteiger partial charge in [-0.3, -0.25) is 0 Å². The third-order valence-corrected chi connectivity index (χ3v) is 3.41. The molecule has 2 aromatic carbocycles. The molecular formula is C18H22O2. The Bertz CT molecular complexity index is 467. The van der Waals surface area contributed by atoms with E-state index in [4.69, 9.17) is 4.74 Å². The van der Waals surface area contributed by atoms with Crippen LogP contribution in [0.15, 0.2) is 60.7 Å². The van der Waals surface area contributed by atoms with E-state index >= 15 is 0 Å². The first-order chi connectivity index (χ1) is 9.88. The Hall–Kier alpha value is -1.64. The van der Waals surface area contributed by atoms with E-state index in [1.165, 1.54) is 11.1 Å². The third-order valence-electron chi connectivity index (χ3n) is 3.41. The summed E-state index contributed by atoms with van der Waals surface area (Å²) < 4.78 is 5.70. The SMILES string of the molecule is OC[C@H](CCc1ccccc1)COCc1ccccc1. The standard InChI is InChI=1S/C18H22O2/c19-13-18(12-11-16-7-3-1-4-8-16)15-20-14-17-9-5-2-6-10-17/h1-10,18-19H,11-15H2/t18-/m0/s1. The molecule has 1 N–H and O–H groups in total. The zero-order valence-corrected chi connectivity index (χ0v) is 11.7. The topological polar surface area (TPSA) is 29.5 Å². The summed E-state index contributed by atoms with van der Waals surface area (Å²) in [5.74, 6) is 0.207. The molecule has 0 bridgehead atoms. The van der Waals surface area contributed by atoms with Gasteiger partial charge in [-0.05, 0) is 24.0 Å². The lowest BCUT2D eigenvalue weighted by molar-refractivity contribution is 0.0597. The number of aliphatic hydroxyl groups excluding tert-OH is 1. The lowest BCUT2D eigenvalue weighted by Crippen LogP contribution is -2.15. The van der Waals surface area contributed by atoms with Crippen molar-refractivity contribution in [1.29, 1.82) is 0 Å². The minimum atomic E-state index is 0.182. The quantitative estimate of drug-likeness (QED) is 0.796. The van der Waals surface area contributed by atoms with Gasteiger partial charge in [0.25, 0.3) is 0 Å². The van der Waals surface area contributed by atoms with Crippen LogP contribution in [0.2, 0.25) is 0 Å². The minimum Gasteiger partial charge on any atom is -0.396 e. The zero-order valence-electron chi connectivity index (χ0n) is 11.7. The molecule has 0 saturated carbocycles. The van der Waals surface area contributed by atoms with Crippen molar-refractivity contribution in [2.75, 3.05) is 13.2 Å². The van der Waals surface area contributed by atoms with E-state index in [9.17, 15) is 5.11 Å². The van der Waals surface area contributed by atoms with E-state index < -0.39 is 0 Å². The smallest absolute Gasteiger partial charge is 0.0717 e. The molecule has 1 atom stereocenters. The molecule has 0 amide bonds. The highest BCUT2D eigenvalue weighted by Gasteiger charge is 2.08. The normalized spacial score (nSPS) is 12.2. The van der Waals surface area contributed by atoms with Gasteiger partial charge in [0.05, 0.1) is 13.2 Å².